The van der Waals surface area contributed by atoms with Gasteiger partial charge in [0.1, 0.15) is 0 Å². The number of hydrogen-bond donors (Lipinski definition) is 2. The van der Waals surface area contributed by atoms with Gasteiger partial charge in [0.15, 0.2) is 0 Å². The summed E-state index contributed by atoms with van der Waals surface area (Å²) in [4.78, 5) is 0. The molecular weight excluding hydrogens is 227 g/mol. The van der Waals surface area contributed by atoms with Gasteiger partial charge in [-0.25, -0.2) is 0 Å². The number of rotatable bonds is 2. The summed E-state index contributed by atoms with van der Waals surface area (Å²) in [5, 5.41) is 7.22. The average molecular weight is 246 g/mol. The molecule has 96 valence electrons. The van der Waals surface area contributed by atoms with Crippen LogP contribution in [0.2, 0.25) is 0 Å². The molecule has 1 aromatic rings. The maximum Gasteiger partial charge on any atom is 0.494 e. The Bertz CT molecular complexity index is 470. The minimum absolute atomic E-state index is 0.355. The van der Waals surface area contributed by atoms with Crippen LogP contribution in [-0.4, -0.2) is 24.5 Å². The maximum absolute atomic E-state index is 7.22. The highest BCUT2D eigenvalue weighted by atomic mass is 16.7. The third-order valence-corrected chi connectivity index (χ3v) is 3.79. The van der Waals surface area contributed by atoms with Crippen molar-refractivity contribution in [3.8, 4) is 0 Å². The molecule has 1 aromatic carbocycles. The summed E-state index contributed by atoms with van der Waals surface area (Å²) >= 11 is 0. The second-order valence-corrected chi connectivity index (χ2v) is 5.62. The predicted molar refractivity (Wildman–Crippen MR) is 74.5 cm³/mol. The lowest BCUT2D eigenvalue weighted by molar-refractivity contribution is 0.00578. The summed E-state index contributed by atoms with van der Waals surface area (Å²) in [6.07, 6.45) is 1.24. The second kappa shape index (κ2) is 4.11. The molecule has 1 aliphatic heterocycles. The first kappa shape index (κ1) is 13.1. The highest BCUT2D eigenvalue weighted by molar-refractivity contribution is 6.62. The summed E-state index contributed by atoms with van der Waals surface area (Å²) in [5.74, 6) is 0. The molecule has 0 aromatic heterocycles. The fraction of sp³-hybridized carbons (Fsp3) is 0.462. The van der Waals surface area contributed by atoms with Crippen molar-refractivity contribution >= 4 is 24.5 Å². The highest BCUT2D eigenvalue weighted by Gasteiger charge is 2.51. The van der Waals surface area contributed by atoms with Crippen molar-refractivity contribution < 1.29 is 9.31 Å². The molecule has 1 saturated heterocycles. The molecule has 0 spiro atoms. The molecule has 4 nitrogen and oxygen atoms in total. The lowest BCUT2D eigenvalue weighted by atomic mass is 9.78. The van der Waals surface area contributed by atoms with E-state index in [9.17, 15) is 0 Å². The summed E-state index contributed by atoms with van der Waals surface area (Å²) < 4.78 is 11.9. The lowest BCUT2D eigenvalue weighted by Crippen LogP contribution is -2.41. The normalized spacial score (nSPS) is 21.0. The lowest BCUT2D eigenvalue weighted by Gasteiger charge is -2.32. The largest absolute Gasteiger partial charge is 0.494 e. The van der Waals surface area contributed by atoms with E-state index >= 15 is 0 Å². The first-order chi connectivity index (χ1) is 8.27. The molecule has 1 heterocycles. The van der Waals surface area contributed by atoms with Gasteiger partial charge < -0.3 is 20.5 Å². The molecule has 0 saturated carbocycles. The van der Waals surface area contributed by atoms with Gasteiger partial charge in [-0.15, -0.1) is 0 Å². The van der Waals surface area contributed by atoms with Crippen LogP contribution in [0.25, 0.3) is 0 Å². The fourth-order valence-corrected chi connectivity index (χ4v) is 1.85. The van der Waals surface area contributed by atoms with Gasteiger partial charge in [0.05, 0.1) is 11.2 Å². The van der Waals surface area contributed by atoms with Gasteiger partial charge >= 0.3 is 7.12 Å². The van der Waals surface area contributed by atoms with Gasteiger partial charge in [0.25, 0.3) is 0 Å². The summed E-state index contributed by atoms with van der Waals surface area (Å²) in [7, 11) is -0.405. The van der Waals surface area contributed by atoms with Crippen molar-refractivity contribution in [1.29, 1.82) is 5.41 Å². The third kappa shape index (κ3) is 2.04. The van der Waals surface area contributed by atoms with Crippen LogP contribution in [0.4, 0.5) is 5.69 Å². The van der Waals surface area contributed by atoms with E-state index < -0.39 is 7.12 Å². The zero-order valence-corrected chi connectivity index (χ0v) is 11.3. The van der Waals surface area contributed by atoms with Crippen LogP contribution in [0.15, 0.2) is 18.2 Å². The number of hydrogen-bond acceptors (Lipinski definition) is 4. The standard InChI is InChI=1S/C13H19BN2O2/c1-12(2)13(3,4)18-14(17-12)10-6-5-9(8-15)11(16)7-10/h5-8,15H,16H2,1-4H3. The zero-order chi connectivity index (χ0) is 13.6. The van der Waals surface area contributed by atoms with Crippen LogP contribution in [0.5, 0.6) is 0 Å². The van der Waals surface area contributed by atoms with Crippen molar-refractivity contribution in [3.63, 3.8) is 0 Å². The first-order valence-electron chi connectivity index (χ1n) is 6.02. The Morgan fingerprint density at radius 1 is 1.17 bits per heavy atom. The van der Waals surface area contributed by atoms with E-state index in [1.807, 2.05) is 45.9 Å². The van der Waals surface area contributed by atoms with Crippen LogP contribution in [0.1, 0.15) is 33.3 Å². The number of anilines is 1. The topological polar surface area (TPSA) is 68.3 Å². The summed E-state index contributed by atoms with van der Waals surface area (Å²) in [6.45, 7) is 8.06. The molecular formula is C13H19BN2O2. The number of benzene rings is 1. The van der Waals surface area contributed by atoms with Gasteiger partial charge in [-0.2, -0.15) is 0 Å². The Hall–Kier alpha value is -1.33. The molecule has 0 bridgehead atoms. The van der Waals surface area contributed by atoms with E-state index in [2.05, 4.69) is 0 Å². The molecule has 0 radical (unpaired) electrons. The Balaban J connectivity index is 2.30. The van der Waals surface area contributed by atoms with Gasteiger partial charge in [-0.05, 0) is 39.2 Å². The van der Waals surface area contributed by atoms with Gasteiger partial charge in [-0.3, -0.25) is 0 Å². The van der Waals surface area contributed by atoms with Gasteiger partial charge in [0.2, 0.25) is 0 Å². The monoisotopic (exact) mass is 246 g/mol. The van der Waals surface area contributed by atoms with E-state index in [0.717, 1.165) is 5.46 Å². The Morgan fingerprint density at radius 3 is 2.17 bits per heavy atom. The molecule has 1 fully saturated rings. The maximum atomic E-state index is 7.22. The number of nitrogen functional groups attached to an aromatic ring is 1. The molecule has 0 unspecified atom stereocenters. The number of nitrogens with one attached hydrogen (secondary N) is 1. The quantitative estimate of drug-likeness (QED) is 0.472. The van der Waals surface area contributed by atoms with Crippen molar-refractivity contribution in [3.05, 3.63) is 23.8 Å². The van der Waals surface area contributed by atoms with Crippen LogP contribution >= 0.6 is 0 Å². The average Bonchev–Trinajstić information content (AvgIpc) is 2.48. The summed E-state index contributed by atoms with van der Waals surface area (Å²) in [6, 6.07) is 5.50. The predicted octanol–water partition coefficient (Wildman–Crippen LogP) is 1.57. The van der Waals surface area contributed by atoms with Crippen LogP contribution in [-0.2, 0) is 9.31 Å². The summed E-state index contributed by atoms with van der Waals surface area (Å²) in [5.41, 5.74) is 7.32. The highest BCUT2D eigenvalue weighted by Crippen LogP contribution is 2.36. The van der Waals surface area contributed by atoms with E-state index in [1.165, 1.54) is 6.21 Å². The van der Waals surface area contributed by atoms with E-state index in [1.54, 1.807) is 0 Å². The van der Waals surface area contributed by atoms with E-state index in [0.29, 0.717) is 11.3 Å². The van der Waals surface area contributed by atoms with Gasteiger partial charge in [0, 0.05) is 17.5 Å². The van der Waals surface area contributed by atoms with Crippen molar-refractivity contribution in [2.45, 2.75) is 38.9 Å². The molecule has 0 amide bonds. The van der Waals surface area contributed by atoms with E-state index in [-0.39, 0.29) is 11.2 Å². The Labute approximate surface area is 108 Å². The first-order valence-corrected chi connectivity index (χ1v) is 6.02. The Kier molecular flexibility index (Phi) is 2.99. The van der Waals surface area contributed by atoms with Crippen molar-refractivity contribution in [2.24, 2.45) is 0 Å². The fourth-order valence-electron chi connectivity index (χ4n) is 1.85. The molecule has 0 aliphatic carbocycles. The molecule has 2 rings (SSSR count). The van der Waals surface area contributed by atoms with Gasteiger partial charge in [-0.1, -0.05) is 12.1 Å². The molecule has 18 heavy (non-hydrogen) atoms. The molecule has 5 heteroatoms. The minimum atomic E-state index is -0.405. The smallest absolute Gasteiger partial charge is 0.399 e. The van der Waals surface area contributed by atoms with Crippen molar-refractivity contribution in [2.75, 3.05) is 5.73 Å². The van der Waals surface area contributed by atoms with E-state index in [4.69, 9.17) is 20.5 Å². The Morgan fingerprint density at radius 2 is 1.72 bits per heavy atom. The zero-order valence-electron chi connectivity index (χ0n) is 11.3. The second-order valence-electron chi connectivity index (χ2n) is 5.62. The van der Waals surface area contributed by atoms with Crippen LogP contribution in [0, 0.1) is 5.41 Å². The van der Waals surface area contributed by atoms with Crippen molar-refractivity contribution in [1.82, 2.24) is 0 Å². The molecule has 0 atom stereocenters. The van der Waals surface area contributed by atoms with Crippen LogP contribution in [0.3, 0.4) is 0 Å². The molecule has 3 N–H and O–H groups in total. The molecule has 1 aliphatic rings. The SMILES string of the molecule is CC1(C)OB(c2ccc(C=N)c(N)c2)OC1(C)C. The third-order valence-electron chi connectivity index (χ3n) is 3.79. The number of nitrogens with two attached hydrogens (primary N) is 1. The minimum Gasteiger partial charge on any atom is -0.399 e. The van der Waals surface area contributed by atoms with Crippen LogP contribution < -0.4 is 11.2 Å².